The van der Waals surface area contributed by atoms with Crippen LogP contribution in [0.2, 0.25) is 0 Å². The molecule has 0 unspecified atom stereocenters. The molecule has 3 aromatic heterocycles. The third kappa shape index (κ3) is 12.2. The molecule has 50 heavy (non-hydrogen) atoms. The lowest BCUT2D eigenvalue weighted by Crippen LogP contribution is -2.41. The standard InChI is InChI=1S/C19H28N2O2.C18H23N3O2.C2H6O.CH4/c1-19(2,3)23-18(22)21-12-10-15(11-13-21)17-9-8-14-6-4-5-7-16(14)20-17;1-18(2,3)23-17(22)21-11-8-13(9-12-21)15-7-6-14-5-4-10-19-16(14)20-15;1-2-3;/h8-9,15H,4-7,10-13H2,1-3H3;4-7,10,13H,8-9,11-12H2,1-3H3;3H,2H2,1H3;1H4. The van der Waals surface area contributed by atoms with Crippen molar-refractivity contribution in [2.45, 2.75) is 130 Å². The maximum atomic E-state index is 12.1. The van der Waals surface area contributed by atoms with Gasteiger partial charge in [0.2, 0.25) is 0 Å². The number of aliphatic hydroxyl groups excluding tert-OH is 1. The number of aromatic nitrogens is 3. The number of amides is 2. The van der Waals surface area contributed by atoms with Crippen LogP contribution in [-0.2, 0) is 22.3 Å². The maximum absolute atomic E-state index is 12.1. The molecular formula is C40H61N5O5. The van der Waals surface area contributed by atoms with Gasteiger partial charge in [0, 0.05) is 73.3 Å². The summed E-state index contributed by atoms with van der Waals surface area (Å²) >= 11 is 0. The Labute approximate surface area is 300 Å². The van der Waals surface area contributed by atoms with Crippen LogP contribution < -0.4 is 0 Å². The minimum Gasteiger partial charge on any atom is -0.444 e. The Hall–Kier alpha value is -3.79. The molecule has 0 aromatic carbocycles. The first-order valence-electron chi connectivity index (χ1n) is 18.0. The van der Waals surface area contributed by atoms with Gasteiger partial charge in [-0.2, -0.15) is 0 Å². The quantitative estimate of drug-likeness (QED) is 0.285. The van der Waals surface area contributed by atoms with Crippen molar-refractivity contribution < 1.29 is 24.2 Å². The lowest BCUT2D eigenvalue weighted by atomic mass is 9.90. The molecule has 2 amide bonds. The van der Waals surface area contributed by atoms with E-state index in [1.54, 1.807) is 18.0 Å². The minimum atomic E-state index is -0.445. The summed E-state index contributed by atoms with van der Waals surface area (Å²) in [6, 6.07) is 12.6. The molecule has 2 saturated heterocycles. The average Bonchev–Trinajstić information content (AvgIpc) is 3.07. The van der Waals surface area contributed by atoms with Crippen molar-refractivity contribution in [3.05, 3.63) is 65.2 Å². The first-order valence-corrected chi connectivity index (χ1v) is 18.0. The molecule has 6 rings (SSSR count). The van der Waals surface area contributed by atoms with Gasteiger partial charge in [-0.25, -0.2) is 19.6 Å². The second kappa shape index (κ2) is 18.4. The number of aryl methyl sites for hydroxylation is 2. The van der Waals surface area contributed by atoms with Gasteiger partial charge >= 0.3 is 12.2 Å². The zero-order valence-electron chi connectivity index (χ0n) is 30.7. The molecule has 10 heteroatoms. The SMILES string of the molecule is C.CC(C)(C)OC(=O)N1CCC(c2ccc3c(n2)CCCC3)CC1.CC(C)(C)OC(=O)N1CCC(c2ccc3cccnc3n2)CC1.CCO. The number of nitrogens with zero attached hydrogens (tertiary/aromatic N) is 5. The van der Waals surface area contributed by atoms with E-state index in [1.807, 2.05) is 58.6 Å². The Kier molecular flexibility index (Phi) is 15.0. The van der Waals surface area contributed by atoms with E-state index in [1.165, 1.54) is 36.2 Å². The highest BCUT2D eigenvalue weighted by Gasteiger charge is 2.29. The van der Waals surface area contributed by atoms with Gasteiger partial charge in [0.1, 0.15) is 11.2 Å². The van der Waals surface area contributed by atoms with Crippen LogP contribution in [0.3, 0.4) is 0 Å². The third-order valence-corrected chi connectivity index (χ3v) is 8.82. The molecule has 2 fully saturated rings. The van der Waals surface area contributed by atoms with Gasteiger partial charge in [-0.1, -0.05) is 13.5 Å². The lowest BCUT2D eigenvalue weighted by molar-refractivity contribution is 0.0193. The first-order chi connectivity index (χ1) is 23.3. The van der Waals surface area contributed by atoms with Crippen LogP contribution in [0.25, 0.3) is 11.0 Å². The molecular weight excluding hydrogens is 630 g/mol. The molecule has 3 aliphatic rings. The number of hydrogen-bond donors (Lipinski definition) is 1. The summed E-state index contributed by atoms with van der Waals surface area (Å²) in [5.41, 5.74) is 4.96. The van der Waals surface area contributed by atoms with E-state index < -0.39 is 11.2 Å². The number of ether oxygens (including phenoxy) is 2. The van der Waals surface area contributed by atoms with E-state index in [2.05, 4.69) is 34.2 Å². The van der Waals surface area contributed by atoms with Gasteiger partial charge in [0.25, 0.3) is 0 Å². The fourth-order valence-electron chi connectivity index (χ4n) is 6.39. The molecule has 0 bridgehead atoms. The number of piperidine rings is 2. The van der Waals surface area contributed by atoms with E-state index in [4.69, 9.17) is 19.6 Å². The Morgan fingerprint density at radius 1 is 0.760 bits per heavy atom. The zero-order valence-corrected chi connectivity index (χ0v) is 30.7. The molecule has 1 N–H and O–H groups in total. The molecule has 0 atom stereocenters. The van der Waals surface area contributed by atoms with Gasteiger partial charge in [-0.3, -0.25) is 4.98 Å². The summed E-state index contributed by atoms with van der Waals surface area (Å²) in [7, 11) is 0. The van der Waals surface area contributed by atoms with Crippen molar-refractivity contribution in [2.24, 2.45) is 0 Å². The van der Waals surface area contributed by atoms with Crippen molar-refractivity contribution >= 4 is 23.2 Å². The van der Waals surface area contributed by atoms with E-state index >= 15 is 0 Å². The predicted octanol–water partition coefficient (Wildman–Crippen LogP) is 8.45. The Morgan fingerprint density at radius 3 is 1.76 bits per heavy atom. The van der Waals surface area contributed by atoms with Crippen molar-refractivity contribution in [3.8, 4) is 0 Å². The highest BCUT2D eigenvalue weighted by Crippen LogP contribution is 2.31. The average molecular weight is 692 g/mol. The summed E-state index contributed by atoms with van der Waals surface area (Å²) in [5, 5.41) is 8.63. The van der Waals surface area contributed by atoms with Crippen molar-refractivity contribution in [1.82, 2.24) is 24.8 Å². The number of pyridine rings is 3. The Balaban J connectivity index is 0.000000246. The number of aliphatic hydroxyl groups is 1. The van der Waals surface area contributed by atoms with Crippen LogP contribution >= 0.6 is 0 Å². The van der Waals surface area contributed by atoms with Crippen LogP contribution in [0.1, 0.15) is 129 Å². The molecule has 0 spiro atoms. The topological polar surface area (TPSA) is 118 Å². The largest absolute Gasteiger partial charge is 0.444 e. The molecule has 10 nitrogen and oxygen atoms in total. The van der Waals surface area contributed by atoms with E-state index in [-0.39, 0.29) is 26.2 Å². The number of likely N-dealkylation sites (tertiary alicyclic amines) is 2. The van der Waals surface area contributed by atoms with Crippen LogP contribution in [-0.4, -0.2) is 86.0 Å². The van der Waals surface area contributed by atoms with E-state index in [0.29, 0.717) is 24.9 Å². The van der Waals surface area contributed by atoms with Gasteiger partial charge in [-0.05, 0) is 136 Å². The number of hydrogen-bond acceptors (Lipinski definition) is 8. The van der Waals surface area contributed by atoms with Gasteiger partial charge < -0.3 is 24.4 Å². The fourth-order valence-corrected chi connectivity index (χ4v) is 6.39. The zero-order chi connectivity index (χ0) is 35.6. The first kappa shape index (κ1) is 40.6. The minimum absolute atomic E-state index is 0. The smallest absolute Gasteiger partial charge is 0.410 e. The molecule has 0 saturated carbocycles. The highest BCUT2D eigenvalue weighted by molar-refractivity contribution is 5.74. The van der Waals surface area contributed by atoms with Gasteiger partial charge in [-0.15, -0.1) is 0 Å². The van der Waals surface area contributed by atoms with Crippen molar-refractivity contribution in [2.75, 3.05) is 32.8 Å². The summed E-state index contributed by atoms with van der Waals surface area (Å²) in [5.74, 6) is 0.848. The van der Waals surface area contributed by atoms with Crippen LogP contribution in [0.4, 0.5) is 9.59 Å². The lowest BCUT2D eigenvalue weighted by Gasteiger charge is -2.33. The predicted molar refractivity (Wildman–Crippen MR) is 199 cm³/mol. The fraction of sp³-hybridized carbons (Fsp3) is 0.625. The van der Waals surface area contributed by atoms with Crippen LogP contribution in [0.15, 0.2) is 42.6 Å². The van der Waals surface area contributed by atoms with Crippen LogP contribution in [0, 0.1) is 0 Å². The molecule has 5 heterocycles. The van der Waals surface area contributed by atoms with Crippen molar-refractivity contribution in [3.63, 3.8) is 0 Å². The Bertz CT molecular complexity index is 1520. The summed E-state index contributed by atoms with van der Waals surface area (Å²) in [6.45, 7) is 16.3. The molecule has 276 valence electrons. The monoisotopic (exact) mass is 691 g/mol. The number of fused-ring (bicyclic) bond motifs is 2. The molecule has 3 aromatic rings. The number of carbonyl (C=O) groups is 2. The van der Waals surface area contributed by atoms with Crippen LogP contribution in [0.5, 0.6) is 0 Å². The van der Waals surface area contributed by atoms with Crippen molar-refractivity contribution in [1.29, 1.82) is 0 Å². The molecule has 0 radical (unpaired) electrons. The van der Waals surface area contributed by atoms with Gasteiger partial charge in [0.05, 0.1) is 0 Å². The summed E-state index contributed by atoms with van der Waals surface area (Å²) in [4.78, 5) is 41.8. The number of carbonyl (C=O) groups excluding carboxylic acids is 2. The van der Waals surface area contributed by atoms with E-state index in [9.17, 15) is 9.59 Å². The second-order valence-electron chi connectivity index (χ2n) is 15.1. The Morgan fingerprint density at radius 2 is 1.24 bits per heavy atom. The number of rotatable bonds is 2. The summed E-state index contributed by atoms with van der Waals surface area (Å²) < 4.78 is 10.9. The van der Waals surface area contributed by atoms with Gasteiger partial charge in [0.15, 0.2) is 5.65 Å². The maximum Gasteiger partial charge on any atom is 0.410 e. The third-order valence-electron chi connectivity index (χ3n) is 8.82. The van der Waals surface area contributed by atoms with E-state index in [0.717, 1.165) is 61.9 Å². The molecule has 2 aliphatic heterocycles. The second-order valence-corrected chi connectivity index (χ2v) is 15.1. The normalized spacial score (nSPS) is 16.9. The molecule has 1 aliphatic carbocycles. The summed E-state index contributed by atoms with van der Waals surface area (Å²) in [6.07, 6.45) is 10.00. The highest BCUT2D eigenvalue weighted by atomic mass is 16.6.